The van der Waals surface area contributed by atoms with Gasteiger partial charge in [-0.1, -0.05) is 60.7 Å². The highest BCUT2D eigenvalue weighted by molar-refractivity contribution is 5.65. The molecule has 2 aromatic carbocycles. The molecule has 0 saturated heterocycles. The van der Waals surface area contributed by atoms with Crippen LogP contribution >= 0.6 is 0 Å². The van der Waals surface area contributed by atoms with Gasteiger partial charge in [-0.3, -0.25) is 0 Å². The van der Waals surface area contributed by atoms with Crippen LogP contribution in [0, 0.1) is 12.8 Å². The second kappa shape index (κ2) is 7.81. The average molecular weight is 371 g/mol. The first-order valence-electron chi connectivity index (χ1n) is 10.4. The molecule has 2 aliphatic rings. The molecular formula is C26H30N2. The molecular weight excluding hydrogens is 340 g/mol. The SMILES string of the molecule is C=C1C2=C(C=CN1CC)CCC(N)C2Cc1cccc(-c2cccc(C)c2)c1. The second-order valence-electron chi connectivity index (χ2n) is 8.07. The molecule has 28 heavy (non-hydrogen) atoms. The number of hydrogen-bond donors (Lipinski definition) is 1. The second-order valence-corrected chi connectivity index (χ2v) is 8.07. The van der Waals surface area contributed by atoms with E-state index in [0.29, 0.717) is 5.92 Å². The third-order valence-corrected chi connectivity index (χ3v) is 6.17. The number of rotatable bonds is 4. The molecule has 0 saturated carbocycles. The van der Waals surface area contributed by atoms with E-state index in [2.05, 4.69) is 86.1 Å². The fourth-order valence-corrected chi connectivity index (χ4v) is 4.61. The van der Waals surface area contributed by atoms with Crippen LogP contribution in [0.2, 0.25) is 0 Å². The zero-order chi connectivity index (χ0) is 19.7. The summed E-state index contributed by atoms with van der Waals surface area (Å²) in [6.45, 7) is 9.67. The van der Waals surface area contributed by atoms with E-state index < -0.39 is 0 Å². The summed E-state index contributed by atoms with van der Waals surface area (Å²) in [5.74, 6) is 0.322. The molecule has 0 amide bonds. The van der Waals surface area contributed by atoms with Crippen LogP contribution in [0.3, 0.4) is 0 Å². The lowest BCUT2D eigenvalue weighted by atomic mass is 9.74. The van der Waals surface area contributed by atoms with Crippen LogP contribution in [0.15, 0.2) is 84.2 Å². The molecule has 2 aromatic rings. The molecule has 4 rings (SSSR count). The Labute approximate surface area is 169 Å². The van der Waals surface area contributed by atoms with Crippen molar-refractivity contribution < 1.29 is 0 Å². The molecule has 2 heteroatoms. The monoisotopic (exact) mass is 370 g/mol. The van der Waals surface area contributed by atoms with E-state index in [-0.39, 0.29) is 6.04 Å². The molecule has 1 heterocycles. The molecule has 2 N–H and O–H groups in total. The molecule has 2 nitrogen and oxygen atoms in total. The first-order valence-corrected chi connectivity index (χ1v) is 10.4. The first kappa shape index (κ1) is 18.8. The number of allylic oxidation sites excluding steroid dienone is 3. The zero-order valence-electron chi connectivity index (χ0n) is 17.0. The van der Waals surface area contributed by atoms with Crippen LogP contribution in [0.25, 0.3) is 11.1 Å². The van der Waals surface area contributed by atoms with Gasteiger partial charge in [-0.25, -0.2) is 0 Å². The van der Waals surface area contributed by atoms with E-state index in [9.17, 15) is 0 Å². The summed E-state index contributed by atoms with van der Waals surface area (Å²) in [5.41, 5.74) is 15.8. The molecule has 2 unspecified atom stereocenters. The van der Waals surface area contributed by atoms with E-state index >= 15 is 0 Å². The van der Waals surface area contributed by atoms with E-state index in [0.717, 1.165) is 31.5 Å². The van der Waals surface area contributed by atoms with Gasteiger partial charge in [0.1, 0.15) is 0 Å². The summed E-state index contributed by atoms with van der Waals surface area (Å²) in [6.07, 6.45) is 7.52. The number of nitrogens with two attached hydrogens (primary N) is 1. The van der Waals surface area contributed by atoms with Gasteiger partial charge in [-0.15, -0.1) is 0 Å². The molecule has 0 fully saturated rings. The largest absolute Gasteiger partial charge is 0.348 e. The Morgan fingerprint density at radius 2 is 1.86 bits per heavy atom. The minimum Gasteiger partial charge on any atom is -0.348 e. The van der Waals surface area contributed by atoms with E-state index in [1.807, 2.05) is 0 Å². The molecule has 144 valence electrons. The number of nitrogens with zero attached hydrogens (tertiary/aromatic N) is 1. The highest BCUT2D eigenvalue weighted by Gasteiger charge is 2.33. The van der Waals surface area contributed by atoms with Gasteiger partial charge in [-0.05, 0) is 67.0 Å². The van der Waals surface area contributed by atoms with Crippen LogP contribution in [-0.4, -0.2) is 17.5 Å². The Kier molecular flexibility index (Phi) is 5.23. The highest BCUT2D eigenvalue weighted by Crippen LogP contribution is 2.40. The smallest absolute Gasteiger partial charge is 0.0371 e. The quantitative estimate of drug-likeness (QED) is 0.759. The maximum atomic E-state index is 6.63. The van der Waals surface area contributed by atoms with Gasteiger partial charge in [0.2, 0.25) is 0 Å². The number of hydrogen-bond acceptors (Lipinski definition) is 2. The van der Waals surface area contributed by atoms with Gasteiger partial charge < -0.3 is 10.6 Å². The lowest BCUT2D eigenvalue weighted by Gasteiger charge is -2.39. The van der Waals surface area contributed by atoms with Gasteiger partial charge in [0, 0.05) is 30.4 Å². The first-order chi connectivity index (χ1) is 13.6. The van der Waals surface area contributed by atoms with Crippen LogP contribution in [0.5, 0.6) is 0 Å². The van der Waals surface area contributed by atoms with Crippen molar-refractivity contribution in [2.24, 2.45) is 11.7 Å². The minimum absolute atomic E-state index is 0.184. The maximum absolute atomic E-state index is 6.63. The molecule has 2 atom stereocenters. The van der Waals surface area contributed by atoms with E-state index in [4.69, 9.17) is 5.73 Å². The van der Waals surface area contributed by atoms with Crippen LogP contribution < -0.4 is 5.73 Å². The third kappa shape index (κ3) is 3.57. The van der Waals surface area contributed by atoms with E-state index in [1.54, 1.807) is 0 Å². The predicted octanol–water partition coefficient (Wildman–Crippen LogP) is 5.60. The molecule has 0 spiro atoms. The van der Waals surface area contributed by atoms with Crippen LogP contribution in [0.4, 0.5) is 0 Å². The van der Waals surface area contributed by atoms with Crippen molar-refractivity contribution in [2.45, 2.75) is 39.2 Å². The predicted molar refractivity (Wildman–Crippen MR) is 119 cm³/mol. The van der Waals surface area contributed by atoms with Crippen molar-refractivity contribution in [3.05, 3.63) is 95.4 Å². The Morgan fingerprint density at radius 1 is 1.11 bits per heavy atom. The minimum atomic E-state index is 0.184. The van der Waals surface area contributed by atoms with Crippen molar-refractivity contribution in [1.82, 2.24) is 4.90 Å². The van der Waals surface area contributed by atoms with Crippen LogP contribution in [0.1, 0.15) is 30.9 Å². The summed E-state index contributed by atoms with van der Waals surface area (Å²) in [7, 11) is 0. The molecule has 1 aliphatic carbocycles. The highest BCUT2D eigenvalue weighted by atomic mass is 15.1. The third-order valence-electron chi connectivity index (χ3n) is 6.17. The Morgan fingerprint density at radius 3 is 2.61 bits per heavy atom. The average Bonchev–Trinajstić information content (AvgIpc) is 2.70. The van der Waals surface area contributed by atoms with Gasteiger partial charge in [0.05, 0.1) is 0 Å². The Bertz CT molecular complexity index is 950. The van der Waals surface area contributed by atoms with Crippen molar-refractivity contribution in [2.75, 3.05) is 6.54 Å². The summed E-state index contributed by atoms with van der Waals surface area (Å²) < 4.78 is 0. The lowest BCUT2D eigenvalue weighted by Crippen LogP contribution is -2.39. The summed E-state index contributed by atoms with van der Waals surface area (Å²) >= 11 is 0. The van der Waals surface area contributed by atoms with Crippen LogP contribution in [-0.2, 0) is 6.42 Å². The van der Waals surface area contributed by atoms with Gasteiger partial charge in [0.25, 0.3) is 0 Å². The number of likely N-dealkylation sites (N-methyl/N-ethyl adjacent to an activating group) is 1. The fourth-order valence-electron chi connectivity index (χ4n) is 4.61. The van der Waals surface area contributed by atoms with Gasteiger partial charge in [-0.2, -0.15) is 0 Å². The summed E-state index contributed by atoms with van der Waals surface area (Å²) in [6, 6.07) is 17.8. The van der Waals surface area contributed by atoms with Crippen molar-refractivity contribution in [1.29, 1.82) is 0 Å². The molecule has 0 aromatic heterocycles. The van der Waals surface area contributed by atoms with Gasteiger partial charge >= 0.3 is 0 Å². The fraction of sp³-hybridized carbons (Fsp3) is 0.308. The van der Waals surface area contributed by atoms with Crippen molar-refractivity contribution >= 4 is 0 Å². The zero-order valence-corrected chi connectivity index (χ0v) is 17.0. The number of benzene rings is 2. The standard InChI is InChI=1S/C26H30N2/c1-4-28-14-13-21-11-12-25(27)24(26(21)19(28)3)17-20-8-6-10-23(16-20)22-9-5-7-18(2)15-22/h5-10,13-16,24-25H,3-4,11-12,17,27H2,1-2H3. The summed E-state index contributed by atoms with van der Waals surface area (Å²) in [5, 5.41) is 0. The maximum Gasteiger partial charge on any atom is 0.0371 e. The normalized spacial score (nSPS) is 21.8. The topological polar surface area (TPSA) is 29.3 Å². The van der Waals surface area contributed by atoms with Crippen molar-refractivity contribution in [3.8, 4) is 11.1 Å². The number of aryl methyl sites for hydroxylation is 1. The molecule has 0 bridgehead atoms. The molecule has 1 aliphatic heterocycles. The van der Waals surface area contributed by atoms with E-state index in [1.165, 1.54) is 33.4 Å². The molecule has 0 radical (unpaired) electrons. The van der Waals surface area contributed by atoms with Gasteiger partial charge in [0.15, 0.2) is 0 Å². The lowest BCUT2D eigenvalue weighted by molar-refractivity contribution is 0.391. The summed E-state index contributed by atoms with van der Waals surface area (Å²) in [4.78, 5) is 2.24. The van der Waals surface area contributed by atoms with Crippen molar-refractivity contribution in [3.63, 3.8) is 0 Å². The Balaban J connectivity index is 1.65. The Hall–Kier alpha value is -2.58.